The van der Waals surface area contributed by atoms with Gasteiger partial charge in [-0.2, -0.15) is 0 Å². The molecule has 0 aromatic heterocycles. The summed E-state index contributed by atoms with van der Waals surface area (Å²) >= 11 is 0. The summed E-state index contributed by atoms with van der Waals surface area (Å²) in [5.74, 6) is -0.169. The maximum Gasteiger partial charge on any atom is 0.305 e. The Morgan fingerprint density at radius 1 is 0.741 bits per heavy atom. The number of methoxy groups -OCH3 is 1. The molecule has 0 N–H and O–H groups in total. The van der Waals surface area contributed by atoms with Crippen molar-refractivity contribution in [1.29, 1.82) is 0 Å². The fourth-order valence-corrected chi connectivity index (χ4v) is 2.76. The Bertz CT molecular complexity index is 357. The van der Waals surface area contributed by atoms with E-state index in [0.717, 1.165) is 19.3 Å². The molecule has 0 aromatic carbocycles. The zero-order chi connectivity index (χ0) is 20.2. The monoisotopic (exact) mass is 386 g/mol. The number of esters is 2. The molecule has 0 amide bonds. The van der Waals surface area contributed by atoms with Crippen LogP contribution in [0.4, 0.5) is 0 Å². The molecule has 0 aromatic rings. The van der Waals surface area contributed by atoms with E-state index < -0.39 is 0 Å². The van der Waals surface area contributed by atoms with Crippen molar-refractivity contribution in [3.63, 3.8) is 0 Å². The Morgan fingerprint density at radius 3 is 1.89 bits per heavy atom. The van der Waals surface area contributed by atoms with Gasteiger partial charge in [0, 0.05) is 26.6 Å². The fourth-order valence-electron chi connectivity index (χ4n) is 2.76. The molecule has 1 unspecified atom stereocenters. The van der Waals surface area contributed by atoms with E-state index in [1.807, 2.05) is 6.92 Å². The van der Waals surface area contributed by atoms with E-state index in [0.29, 0.717) is 26.2 Å². The molecule has 0 rings (SSSR count). The quantitative estimate of drug-likeness (QED) is 0.218. The molecule has 0 saturated heterocycles. The van der Waals surface area contributed by atoms with Gasteiger partial charge in [-0.25, -0.2) is 0 Å². The molecule has 0 aliphatic heterocycles. The minimum atomic E-state index is -0.244. The van der Waals surface area contributed by atoms with Crippen molar-refractivity contribution in [2.24, 2.45) is 5.92 Å². The number of ether oxygens (including phenoxy) is 3. The Morgan fingerprint density at radius 2 is 1.30 bits per heavy atom. The van der Waals surface area contributed by atoms with Gasteiger partial charge in [0.05, 0.1) is 13.2 Å². The SMILES string of the molecule is CCCCCCCCCCCOC(=O)CCCC(=O)OCC(C)CCOC. The lowest BCUT2D eigenvalue weighted by Crippen LogP contribution is -2.14. The van der Waals surface area contributed by atoms with Crippen LogP contribution in [0.2, 0.25) is 0 Å². The van der Waals surface area contributed by atoms with E-state index in [1.165, 1.54) is 44.9 Å². The average Bonchev–Trinajstić information content (AvgIpc) is 2.66. The van der Waals surface area contributed by atoms with E-state index in [-0.39, 0.29) is 30.7 Å². The molecule has 160 valence electrons. The predicted molar refractivity (Wildman–Crippen MR) is 109 cm³/mol. The van der Waals surface area contributed by atoms with Gasteiger partial charge in [-0.1, -0.05) is 65.2 Å². The van der Waals surface area contributed by atoms with Crippen molar-refractivity contribution in [2.75, 3.05) is 26.9 Å². The largest absolute Gasteiger partial charge is 0.466 e. The lowest BCUT2D eigenvalue weighted by Gasteiger charge is -2.11. The summed E-state index contributed by atoms with van der Waals surface area (Å²) < 4.78 is 15.4. The number of carbonyl (C=O) groups excluding carboxylic acids is 2. The Hall–Kier alpha value is -1.10. The van der Waals surface area contributed by atoms with Gasteiger partial charge in [-0.3, -0.25) is 9.59 Å². The molecule has 5 nitrogen and oxygen atoms in total. The van der Waals surface area contributed by atoms with Crippen LogP contribution in [0.15, 0.2) is 0 Å². The fraction of sp³-hybridized carbons (Fsp3) is 0.909. The van der Waals surface area contributed by atoms with Crippen molar-refractivity contribution < 1.29 is 23.8 Å². The minimum absolute atomic E-state index is 0.212. The van der Waals surface area contributed by atoms with Crippen LogP contribution in [-0.4, -0.2) is 38.9 Å². The van der Waals surface area contributed by atoms with Crippen molar-refractivity contribution in [3.05, 3.63) is 0 Å². The first-order chi connectivity index (χ1) is 13.1. The topological polar surface area (TPSA) is 61.8 Å². The van der Waals surface area contributed by atoms with E-state index >= 15 is 0 Å². The van der Waals surface area contributed by atoms with Gasteiger partial charge in [-0.05, 0) is 25.2 Å². The van der Waals surface area contributed by atoms with Gasteiger partial charge in [0.25, 0.3) is 0 Å². The second-order valence-corrected chi connectivity index (χ2v) is 7.47. The third-order valence-corrected chi connectivity index (χ3v) is 4.62. The highest BCUT2D eigenvalue weighted by Gasteiger charge is 2.09. The van der Waals surface area contributed by atoms with E-state index in [1.54, 1.807) is 7.11 Å². The second kappa shape index (κ2) is 19.7. The Labute approximate surface area is 166 Å². The van der Waals surface area contributed by atoms with Gasteiger partial charge < -0.3 is 14.2 Å². The number of unbranched alkanes of at least 4 members (excludes halogenated alkanes) is 8. The molecule has 5 heteroatoms. The van der Waals surface area contributed by atoms with Crippen LogP contribution in [0.3, 0.4) is 0 Å². The van der Waals surface area contributed by atoms with Gasteiger partial charge in [0.2, 0.25) is 0 Å². The zero-order valence-electron chi connectivity index (χ0n) is 17.9. The maximum atomic E-state index is 11.7. The van der Waals surface area contributed by atoms with Crippen LogP contribution in [0, 0.1) is 5.92 Å². The maximum absolute atomic E-state index is 11.7. The lowest BCUT2D eigenvalue weighted by molar-refractivity contribution is -0.146. The summed E-state index contributed by atoms with van der Waals surface area (Å²) in [6, 6.07) is 0. The Kier molecular flexibility index (Phi) is 18.9. The minimum Gasteiger partial charge on any atom is -0.466 e. The van der Waals surface area contributed by atoms with Crippen LogP contribution in [0.5, 0.6) is 0 Å². The van der Waals surface area contributed by atoms with E-state index in [4.69, 9.17) is 14.2 Å². The standard InChI is InChI=1S/C22H42O5/c1-4-5-6-7-8-9-10-11-12-17-26-21(23)14-13-15-22(24)27-19-20(2)16-18-25-3/h20H,4-19H2,1-3H3. The highest BCUT2D eigenvalue weighted by molar-refractivity contribution is 5.72. The summed E-state index contributed by atoms with van der Waals surface area (Å²) in [5.41, 5.74) is 0. The van der Waals surface area contributed by atoms with E-state index in [2.05, 4.69) is 6.92 Å². The van der Waals surface area contributed by atoms with E-state index in [9.17, 15) is 9.59 Å². The molecule has 0 radical (unpaired) electrons. The zero-order valence-corrected chi connectivity index (χ0v) is 17.9. The van der Waals surface area contributed by atoms with Crippen LogP contribution in [-0.2, 0) is 23.8 Å². The third-order valence-electron chi connectivity index (χ3n) is 4.62. The van der Waals surface area contributed by atoms with Crippen molar-refractivity contribution >= 4 is 11.9 Å². The summed E-state index contributed by atoms with van der Waals surface area (Å²) in [7, 11) is 1.66. The third kappa shape index (κ3) is 19.5. The van der Waals surface area contributed by atoms with Crippen molar-refractivity contribution in [3.8, 4) is 0 Å². The van der Waals surface area contributed by atoms with Gasteiger partial charge in [0.1, 0.15) is 0 Å². The first kappa shape index (κ1) is 25.9. The van der Waals surface area contributed by atoms with Crippen molar-refractivity contribution in [1.82, 2.24) is 0 Å². The Balaban J connectivity index is 3.39. The first-order valence-electron chi connectivity index (χ1n) is 10.9. The molecule has 0 spiro atoms. The summed E-state index contributed by atoms with van der Waals surface area (Å²) in [5, 5.41) is 0. The summed E-state index contributed by atoms with van der Waals surface area (Å²) in [6.45, 7) is 5.83. The molecule has 0 fully saturated rings. The number of rotatable bonds is 19. The number of hydrogen-bond acceptors (Lipinski definition) is 5. The average molecular weight is 387 g/mol. The molecule has 0 saturated carbocycles. The summed E-state index contributed by atoms with van der Waals surface area (Å²) in [6.07, 6.45) is 13.1. The number of carbonyl (C=O) groups is 2. The van der Waals surface area contributed by atoms with Crippen LogP contribution in [0.25, 0.3) is 0 Å². The summed E-state index contributed by atoms with van der Waals surface area (Å²) in [4.78, 5) is 23.3. The first-order valence-corrected chi connectivity index (χ1v) is 10.9. The molecule has 27 heavy (non-hydrogen) atoms. The highest BCUT2D eigenvalue weighted by atomic mass is 16.5. The molecule has 0 aliphatic rings. The molecule has 0 bridgehead atoms. The van der Waals surface area contributed by atoms with Gasteiger partial charge in [0.15, 0.2) is 0 Å². The molecular formula is C22H42O5. The van der Waals surface area contributed by atoms with Gasteiger partial charge in [-0.15, -0.1) is 0 Å². The molecule has 1 atom stereocenters. The van der Waals surface area contributed by atoms with Gasteiger partial charge >= 0.3 is 11.9 Å². The normalized spacial score (nSPS) is 12.0. The molecule has 0 heterocycles. The number of hydrogen-bond donors (Lipinski definition) is 0. The van der Waals surface area contributed by atoms with Crippen LogP contribution in [0.1, 0.15) is 97.3 Å². The predicted octanol–water partition coefficient (Wildman–Crippen LogP) is 5.45. The highest BCUT2D eigenvalue weighted by Crippen LogP contribution is 2.10. The lowest BCUT2D eigenvalue weighted by atomic mass is 10.1. The smallest absolute Gasteiger partial charge is 0.305 e. The van der Waals surface area contributed by atoms with Crippen molar-refractivity contribution in [2.45, 2.75) is 97.3 Å². The van der Waals surface area contributed by atoms with Crippen LogP contribution >= 0.6 is 0 Å². The molecular weight excluding hydrogens is 344 g/mol. The van der Waals surface area contributed by atoms with Crippen LogP contribution < -0.4 is 0 Å². The molecule has 0 aliphatic carbocycles. The second-order valence-electron chi connectivity index (χ2n) is 7.47.